The summed E-state index contributed by atoms with van der Waals surface area (Å²) in [6.45, 7) is 1.91. The van der Waals surface area contributed by atoms with Crippen molar-refractivity contribution in [3.63, 3.8) is 0 Å². The Labute approximate surface area is 169 Å². The van der Waals surface area contributed by atoms with Crippen LogP contribution in [0.2, 0.25) is 0 Å². The summed E-state index contributed by atoms with van der Waals surface area (Å²) in [6.07, 6.45) is 1.66. The lowest BCUT2D eigenvalue weighted by Gasteiger charge is -2.09. The van der Waals surface area contributed by atoms with Crippen molar-refractivity contribution in [2.75, 3.05) is 5.32 Å². The molecule has 0 aliphatic heterocycles. The molecule has 5 aromatic rings. The third kappa shape index (κ3) is 3.30. The first kappa shape index (κ1) is 17.3. The minimum atomic E-state index is -0.359. The zero-order valence-corrected chi connectivity index (χ0v) is 16.2. The number of anilines is 1. The zero-order chi connectivity index (χ0) is 19.8. The monoisotopic (exact) mass is 401 g/mol. The van der Waals surface area contributed by atoms with Crippen LogP contribution < -0.4 is 10.1 Å². The predicted octanol–water partition coefficient (Wildman–Crippen LogP) is 4.92. The first-order chi connectivity index (χ1) is 14.2. The molecule has 7 nitrogen and oxygen atoms in total. The summed E-state index contributed by atoms with van der Waals surface area (Å²) in [4.78, 5) is 21.6. The van der Waals surface area contributed by atoms with Gasteiger partial charge in [-0.1, -0.05) is 12.1 Å². The Balaban J connectivity index is 1.49. The number of aromatic amines is 1. The van der Waals surface area contributed by atoms with Crippen LogP contribution in [0.3, 0.4) is 0 Å². The molecule has 0 atom stereocenters. The second-order valence-electron chi connectivity index (χ2n) is 6.45. The molecule has 4 aromatic heterocycles. The number of hydrogen-bond acceptors (Lipinski definition) is 6. The van der Waals surface area contributed by atoms with E-state index >= 15 is 0 Å². The van der Waals surface area contributed by atoms with Gasteiger partial charge in [0.05, 0.1) is 21.9 Å². The van der Waals surface area contributed by atoms with E-state index in [1.807, 2.05) is 54.8 Å². The number of aryl methyl sites for hydroxylation is 1. The second-order valence-corrected chi connectivity index (χ2v) is 7.37. The minimum Gasteiger partial charge on any atom is -0.454 e. The normalized spacial score (nSPS) is 11.1. The standard InChI is InChI=1S/C21H15N5O2S/c1-12-6-7-13(11-22-12)28-18-10-17(23-16-8-9-29-19(16)18)21(27)24-20-14-4-2-3-5-15(14)25-26-20/h2-11H,1H3,(H2,24,25,26,27). The fraction of sp³-hybridized carbons (Fsp3) is 0.0476. The highest BCUT2D eigenvalue weighted by atomic mass is 32.1. The number of thiophene rings is 1. The van der Waals surface area contributed by atoms with E-state index in [9.17, 15) is 4.79 Å². The summed E-state index contributed by atoms with van der Waals surface area (Å²) in [6, 6.07) is 14.8. The first-order valence-electron chi connectivity index (χ1n) is 8.90. The van der Waals surface area contributed by atoms with Crippen molar-refractivity contribution >= 4 is 44.2 Å². The number of hydrogen-bond donors (Lipinski definition) is 2. The first-order valence-corrected chi connectivity index (χ1v) is 9.78. The van der Waals surface area contributed by atoms with E-state index in [2.05, 4.69) is 25.5 Å². The van der Waals surface area contributed by atoms with Crippen LogP contribution in [0, 0.1) is 6.92 Å². The van der Waals surface area contributed by atoms with E-state index in [1.165, 1.54) is 11.3 Å². The molecule has 2 N–H and O–H groups in total. The second kappa shape index (κ2) is 6.99. The van der Waals surface area contributed by atoms with E-state index in [-0.39, 0.29) is 11.6 Å². The zero-order valence-electron chi connectivity index (χ0n) is 15.3. The number of ether oxygens (including phenoxy) is 1. The topological polar surface area (TPSA) is 92.8 Å². The third-order valence-electron chi connectivity index (χ3n) is 4.42. The van der Waals surface area contributed by atoms with Crippen LogP contribution in [-0.4, -0.2) is 26.1 Å². The van der Waals surface area contributed by atoms with E-state index < -0.39 is 0 Å². The highest BCUT2D eigenvalue weighted by Crippen LogP contribution is 2.34. The lowest BCUT2D eigenvalue weighted by molar-refractivity contribution is 0.102. The van der Waals surface area contributed by atoms with Crippen molar-refractivity contribution in [1.82, 2.24) is 20.2 Å². The van der Waals surface area contributed by atoms with Crippen LogP contribution >= 0.6 is 11.3 Å². The highest BCUT2D eigenvalue weighted by Gasteiger charge is 2.17. The molecular weight excluding hydrogens is 386 g/mol. The Kier molecular flexibility index (Phi) is 4.18. The molecule has 5 rings (SSSR count). The number of nitrogens with one attached hydrogen (secondary N) is 2. The number of benzene rings is 1. The highest BCUT2D eigenvalue weighted by molar-refractivity contribution is 7.17. The van der Waals surface area contributed by atoms with Crippen LogP contribution in [0.15, 0.2) is 60.1 Å². The van der Waals surface area contributed by atoms with Gasteiger partial charge in [0.2, 0.25) is 0 Å². The van der Waals surface area contributed by atoms with Gasteiger partial charge in [-0.05, 0) is 42.6 Å². The van der Waals surface area contributed by atoms with Crippen molar-refractivity contribution in [2.24, 2.45) is 0 Å². The molecule has 8 heteroatoms. The average Bonchev–Trinajstić information content (AvgIpc) is 3.37. The van der Waals surface area contributed by atoms with Crippen molar-refractivity contribution in [3.05, 3.63) is 71.5 Å². The molecule has 0 aliphatic rings. The van der Waals surface area contributed by atoms with Crippen LogP contribution in [-0.2, 0) is 0 Å². The van der Waals surface area contributed by atoms with Gasteiger partial charge >= 0.3 is 0 Å². The van der Waals surface area contributed by atoms with Gasteiger partial charge in [0.15, 0.2) is 5.82 Å². The van der Waals surface area contributed by atoms with Gasteiger partial charge in [0.1, 0.15) is 17.2 Å². The van der Waals surface area contributed by atoms with Crippen molar-refractivity contribution in [2.45, 2.75) is 6.92 Å². The Morgan fingerprint density at radius 2 is 2.07 bits per heavy atom. The Bertz CT molecular complexity index is 1340. The van der Waals surface area contributed by atoms with Crippen LogP contribution in [0.1, 0.15) is 16.2 Å². The lowest BCUT2D eigenvalue weighted by Crippen LogP contribution is -2.14. The number of para-hydroxylation sites is 1. The molecule has 4 heterocycles. The van der Waals surface area contributed by atoms with E-state index in [1.54, 1.807) is 12.3 Å². The molecule has 0 saturated heterocycles. The van der Waals surface area contributed by atoms with E-state index in [0.29, 0.717) is 22.8 Å². The number of aromatic nitrogens is 4. The van der Waals surface area contributed by atoms with Crippen LogP contribution in [0.5, 0.6) is 11.5 Å². The van der Waals surface area contributed by atoms with Gasteiger partial charge in [0, 0.05) is 17.1 Å². The Morgan fingerprint density at radius 3 is 2.93 bits per heavy atom. The third-order valence-corrected chi connectivity index (χ3v) is 5.34. The van der Waals surface area contributed by atoms with E-state index in [0.717, 1.165) is 21.3 Å². The lowest BCUT2D eigenvalue weighted by atomic mass is 10.2. The molecule has 29 heavy (non-hydrogen) atoms. The summed E-state index contributed by atoms with van der Waals surface area (Å²) in [5.41, 5.74) is 2.70. The summed E-state index contributed by atoms with van der Waals surface area (Å²) < 4.78 is 6.88. The molecule has 0 aliphatic carbocycles. The molecule has 0 spiro atoms. The van der Waals surface area contributed by atoms with Crippen LogP contribution in [0.25, 0.3) is 21.1 Å². The fourth-order valence-corrected chi connectivity index (χ4v) is 3.77. The van der Waals surface area contributed by atoms with Crippen molar-refractivity contribution in [3.8, 4) is 11.5 Å². The maximum absolute atomic E-state index is 12.9. The summed E-state index contributed by atoms with van der Waals surface area (Å²) in [5, 5.41) is 12.7. The number of fused-ring (bicyclic) bond motifs is 2. The number of pyridine rings is 2. The van der Waals surface area contributed by atoms with E-state index in [4.69, 9.17) is 4.74 Å². The quantitative estimate of drug-likeness (QED) is 0.446. The minimum absolute atomic E-state index is 0.248. The molecule has 1 amide bonds. The Hall–Kier alpha value is -3.78. The van der Waals surface area contributed by atoms with Gasteiger partial charge in [-0.15, -0.1) is 11.3 Å². The summed E-state index contributed by atoms with van der Waals surface area (Å²) >= 11 is 1.51. The molecular formula is C21H15N5O2S. The fourth-order valence-electron chi connectivity index (χ4n) is 2.99. The van der Waals surface area contributed by atoms with Gasteiger partial charge < -0.3 is 10.1 Å². The largest absolute Gasteiger partial charge is 0.454 e. The maximum Gasteiger partial charge on any atom is 0.275 e. The summed E-state index contributed by atoms with van der Waals surface area (Å²) in [7, 11) is 0. The molecule has 0 saturated carbocycles. The SMILES string of the molecule is Cc1ccc(Oc2cc(C(=O)Nc3n[nH]c4ccccc34)nc3ccsc23)cn1. The predicted molar refractivity (Wildman–Crippen MR) is 113 cm³/mol. The number of amides is 1. The van der Waals surface area contributed by atoms with Crippen LogP contribution in [0.4, 0.5) is 5.82 Å². The van der Waals surface area contributed by atoms with Gasteiger partial charge in [-0.25, -0.2) is 4.98 Å². The molecule has 0 fully saturated rings. The molecule has 0 radical (unpaired) electrons. The molecule has 0 unspecified atom stereocenters. The number of carbonyl (C=O) groups is 1. The van der Waals surface area contributed by atoms with Gasteiger partial charge in [0.25, 0.3) is 5.91 Å². The summed E-state index contributed by atoms with van der Waals surface area (Å²) in [5.74, 6) is 1.26. The number of carbonyl (C=O) groups excluding carboxylic acids is 1. The smallest absolute Gasteiger partial charge is 0.275 e. The molecule has 1 aromatic carbocycles. The number of rotatable bonds is 4. The molecule has 0 bridgehead atoms. The Morgan fingerprint density at radius 1 is 1.17 bits per heavy atom. The van der Waals surface area contributed by atoms with Gasteiger partial charge in [-0.2, -0.15) is 5.10 Å². The average molecular weight is 401 g/mol. The maximum atomic E-state index is 12.9. The van der Waals surface area contributed by atoms with Gasteiger partial charge in [-0.3, -0.25) is 14.9 Å². The molecule has 142 valence electrons. The van der Waals surface area contributed by atoms with Crippen molar-refractivity contribution < 1.29 is 9.53 Å². The van der Waals surface area contributed by atoms with Crippen molar-refractivity contribution in [1.29, 1.82) is 0 Å². The number of nitrogens with zero attached hydrogens (tertiary/aromatic N) is 3. The number of H-pyrrole nitrogens is 1.